The van der Waals surface area contributed by atoms with Gasteiger partial charge in [-0.05, 0) is 0 Å². The summed E-state index contributed by atoms with van der Waals surface area (Å²) in [5.41, 5.74) is 6.03. The van der Waals surface area contributed by atoms with Gasteiger partial charge in [-0.25, -0.2) is 0 Å². The van der Waals surface area contributed by atoms with E-state index in [0.717, 1.165) is 12.8 Å². The first-order chi connectivity index (χ1) is 11.5. The molecule has 6 nitrogen and oxygen atoms in total. The Morgan fingerprint density at radius 1 is 1.38 bits per heavy atom. The summed E-state index contributed by atoms with van der Waals surface area (Å²) in [5.74, 6) is 1.19. The molecular weight excluding hydrogens is 532 g/mol. The number of alkyl halides is 2. The number of rotatable bonds is 8. The fourth-order valence-electron chi connectivity index (χ4n) is 3.96. The normalized spacial score (nSPS) is 25.8. The number of hydrogen-bond acceptors (Lipinski definition) is 4. The fourth-order valence-corrected chi connectivity index (χ4v) is 11.5. The molecule has 2 heterocycles. The third-order valence-corrected chi connectivity index (χ3v) is 13.1. The Kier molecular flexibility index (Phi) is 5.98. The van der Waals surface area contributed by atoms with Gasteiger partial charge in [0.2, 0.25) is 0 Å². The molecule has 1 unspecified atom stereocenters. The molecule has 0 aromatic carbocycles. The summed E-state index contributed by atoms with van der Waals surface area (Å²) >= 11 is 1.32. The number of aliphatic imine (C=N–C) groups is 1. The standard InChI is InChI=1S/C16H29I2N5O/c1-3-15(4-2,11-8-6-5-7-9-11)21-12(24)10-20-14(19)13(17)16-18(22-16)23-16/h11,13,22-23H,3-10H2,1-2H3,(H2,19,20)(H,21,24). The summed E-state index contributed by atoms with van der Waals surface area (Å²) in [6.07, 6.45) is 8.35. The van der Waals surface area contributed by atoms with Gasteiger partial charge in [0.05, 0.1) is 0 Å². The van der Waals surface area contributed by atoms with Crippen LogP contribution in [0.4, 0.5) is 0 Å². The third kappa shape index (κ3) is 3.71. The zero-order valence-electron chi connectivity index (χ0n) is 14.5. The second kappa shape index (κ2) is 7.51. The van der Waals surface area contributed by atoms with E-state index < -0.39 is 20.4 Å². The van der Waals surface area contributed by atoms with E-state index >= 15 is 0 Å². The van der Waals surface area contributed by atoms with Gasteiger partial charge in [0, 0.05) is 0 Å². The molecule has 24 heavy (non-hydrogen) atoms. The SMILES string of the molecule is CCC(CC)(NC(=O)CN=C(N)C(I)C12NI1N2)C1CCCCC1. The van der Waals surface area contributed by atoms with Gasteiger partial charge in [-0.1, -0.05) is 0 Å². The van der Waals surface area contributed by atoms with Crippen LogP contribution in [0.5, 0.6) is 0 Å². The number of hydrogen-bond donors (Lipinski definition) is 4. The van der Waals surface area contributed by atoms with Crippen molar-refractivity contribution in [2.45, 2.75) is 71.9 Å². The number of fused-ring (bicyclic) bond motifs is 1. The molecule has 0 aromatic heterocycles. The first kappa shape index (κ1) is 19.1. The van der Waals surface area contributed by atoms with Crippen molar-refractivity contribution < 1.29 is 4.79 Å². The van der Waals surface area contributed by atoms with Crippen molar-refractivity contribution in [1.29, 1.82) is 0 Å². The van der Waals surface area contributed by atoms with Gasteiger partial charge in [0.25, 0.3) is 0 Å². The number of nitrogens with one attached hydrogen (secondary N) is 3. The van der Waals surface area contributed by atoms with Gasteiger partial charge in [0.1, 0.15) is 0 Å². The second-order valence-corrected chi connectivity index (χ2v) is 12.7. The Balaban J connectivity index is 1.56. The van der Waals surface area contributed by atoms with Crippen molar-refractivity contribution in [1.82, 2.24) is 12.4 Å². The second-order valence-electron chi connectivity index (χ2n) is 7.03. The minimum atomic E-state index is -1.01. The van der Waals surface area contributed by atoms with Gasteiger partial charge in [-0.15, -0.1) is 0 Å². The molecule has 1 atom stereocenters. The van der Waals surface area contributed by atoms with Gasteiger partial charge >= 0.3 is 167 Å². The van der Waals surface area contributed by atoms with Crippen LogP contribution in [0.3, 0.4) is 0 Å². The Morgan fingerprint density at radius 2 is 1.96 bits per heavy atom. The molecule has 2 saturated heterocycles. The van der Waals surface area contributed by atoms with E-state index in [4.69, 9.17) is 5.73 Å². The first-order valence-electron chi connectivity index (χ1n) is 8.98. The molecule has 0 spiro atoms. The molecule has 0 radical (unpaired) electrons. The molecule has 1 amide bonds. The number of nitrogens with zero attached hydrogens (tertiary/aromatic N) is 1. The predicted molar refractivity (Wildman–Crippen MR) is 115 cm³/mol. The zero-order chi connectivity index (χ0) is 17.4. The van der Waals surface area contributed by atoms with Crippen LogP contribution in [0.1, 0.15) is 58.8 Å². The van der Waals surface area contributed by atoms with Crippen LogP contribution in [0.2, 0.25) is 0 Å². The number of carbonyl (C=O) groups excluding carboxylic acids is 1. The van der Waals surface area contributed by atoms with E-state index in [-0.39, 0.29) is 25.6 Å². The quantitative estimate of drug-likeness (QED) is 0.0695. The third-order valence-electron chi connectivity index (χ3n) is 5.74. The van der Waals surface area contributed by atoms with Crippen LogP contribution >= 0.6 is 43.0 Å². The van der Waals surface area contributed by atoms with Crippen molar-refractivity contribution in [3.8, 4) is 0 Å². The topological polar surface area (TPSA) is 111 Å². The zero-order valence-corrected chi connectivity index (χ0v) is 18.8. The monoisotopic (exact) mass is 561 g/mol. The van der Waals surface area contributed by atoms with E-state index in [0.29, 0.717) is 11.8 Å². The van der Waals surface area contributed by atoms with Crippen LogP contribution in [0, 0.1) is 5.92 Å². The Morgan fingerprint density at radius 3 is 2.46 bits per heavy atom. The van der Waals surface area contributed by atoms with E-state index in [1.807, 2.05) is 0 Å². The Hall–Kier alpha value is 0.320. The molecule has 3 aliphatic rings. The maximum absolute atomic E-state index is 12.5. The van der Waals surface area contributed by atoms with Crippen molar-refractivity contribution in [2.24, 2.45) is 16.6 Å². The van der Waals surface area contributed by atoms with Crippen molar-refractivity contribution in [3.63, 3.8) is 0 Å². The average Bonchev–Trinajstić information content (AvgIpc) is 3.48. The number of amidine groups is 1. The van der Waals surface area contributed by atoms with E-state index in [1.165, 1.54) is 32.1 Å². The summed E-state index contributed by atoms with van der Waals surface area (Å²) in [7, 11) is 0. The summed E-state index contributed by atoms with van der Waals surface area (Å²) in [6, 6.07) is 0. The fraction of sp³-hybridized carbons (Fsp3) is 0.875. The summed E-state index contributed by atoms with van der Waals surface area (Å²) in [5, 5.41) is 3.33. The molecule has 138 valence electrons. The van der Waals surface area contributed by atoms with Crippen molar-refractivity contribution in [3.05, 3.63) is 0 Å². The number of nitrogens with two attached hydrogens (primary N) is 1. The summed E-state index contributed by atoms with van der Waals surface area (Å²) in [4.78, 5) is 16.9. The van der Waals surface area contributed by atoms with Crippen molar-refractivity contribution >= 4 is 54.7 Å². The molecule has 0 bridgehead atoms. The van der Waals surface area contributed by atoms with E-state index in [2.05, 4.69) is 53.8 Å². The van der Waals surface area contributed by atoms with Crippen LogP contribution in [0.25, 0.3) is 0 Å². The van der Waals surface area contributed by atoms with Crippen LogP contribution in [0.15, 0.2) is 4.99 Å². The van der Waals surface area contributed by atoms with Gasteiger partial charge in [0.15, 0.2) is 0 Å². The molecule has 8 heteroatoms. The van der Waals surface area contributed by atoms with Gasteiger partial charge in [-0.3, -0.25) is 0 Å². The van der Waals surface area contributed by atoms with Gasteiger partial charge in [-0.2, -0.15) is 0 Å². The molecule has 0 aromatic rings. The molecular formula is C16H29I2N5O. The van der Waals surface area contributed by atoms with Crippen LogP contribution < -0.4 is 18.1 Å². The summed E-state index contributed by atoms with van der Waals surface area (Å²) in [6.45, 7) is 4.53. The number of amides is 1. The molecule has 3 fully saturated rings. The Labute approximate surface area is 166 Å². The molecule has 5 N–H and O–H groups in total. The van der Waals surface area contributed by atoms with Gasteiger partial charge < -0.3 is 0 Å². The first-order valence-corrected chi connectivity index (χ1v) is 13.5. The number of halogens is 2. The molecule has 1 saturated carbocycles. The minimum absolute atomic E-state index is 0.0104. The molecule has 2 aliphatic heterocycles. The van der Waals surface area contributed by atoms with Crippen LogP contribution in [-0.4, -0.2) is 31.4 Å². The van der Waals surface area contributed by atoms with Crippen LogP contribution in [-0.2, 0) is 4.79 Å². The maximum atomic E-state index is 12.5. The van der Waals surface area contributed by atoms with E-state index in [9.17, 15) is 4.79 Å². The summed E-state index contributed by atoms with van der Waals surface area (Å²) < 4.78 is 7.18. The molecule has 1 aliphatic carbocycles. The molecule has 3 rings (SSSR count). The van der Waals surface area contributed by atoms with Crippen molar-refractivity contribution in [2.75, 3.05) is 6.54 Å². The average molecular weight is 561 g/mol. The predicted octanol–water partition coefficient (Wildman–Crippen LogP) is 2.60. The number of carbonyl (C=O) groups is 1. The van der Waals surface area contributed by atoms with E-state index in [1.54, 1.807) is 0 Å². The Bertz CT molecular complexity index is 511.